The van der Waals surface area contributed by atoms with Crippen molar-refractivity contribution in [1.82, 2.24) is 14.9 Å². The highest BCUT2D eigenvalue weighted by Crippen LogP contribution is 2.28. The number of hydrogen-bond donors (Lipinski definition) is 0. The molecule has 1 saturated heterocycles. The number of nitrogens with zero attached hydrogens (tertiary/aromatic N) is 4. The summed E-state index contributed by atoms with van der Waals surface area (Å²) in [6.45, 7) is 3.59. The summed E-state index contributed by atoms with van der Waals surface area (Å²) < 4.78 is 5.53. The molecule has 1 fully saturated rings. The van der Waals surface area contributed by atoms with Gasteiger partial charge in [0, 0.05) is 26.2 Å². The summed E-state index contributed by atoms with van der Waals surface area (Å²) in [4.78, 5) is 26.9. The van der Waals surface area contributed by atoms with Gasteiger partial charge in [0.25, 0.3) is 0 Å². The van der Waals surface area contributed by atoms with E-state index in [-0.39, 0.29) is 6.61 Å². The fraction of sp³-hybridized carbons (Fsp3) is 0.292. The predicted octanol–water partition coefficient (Wildman–Crippen LogP) is 2.84. The molecule has 2 heterocycles. The summed E-state index contributed by atoms with van der Waals surface area (Å²) in [6.07, 6.45) is 5.79. The highest BCUT2D eigenvalue weighted by atomic mass is 16.5. The minimum atomic E-state index is -0.916. The van der Waals surface area contributed by atoms with E-state index in [0.717, 1.165) is 37.3 Å². The quantitative estimate of drug-likeness (QED) is 0.485. The molecule has 30 heavy (non-hydrogen) atoms. The van der Waals surface area contributed by atoms with Gasteiger partial charge in [-0.2, -0.15) is 0 Å². The van der Waals surface area contributed by atoms with E-state index in [4.69, 9.17) is 21.1 Å². The van der Waals surface area contributed by atoms with E-state index in [1.54, 1.807) is 0 Å². The number of piperazine rings is 1. The molecule has 6 heteroatoms. The Morgan fingerprint density at radius 2 is 1.67 bits per heavy atom. The molecule has 0 N–H and O–H groups in total. The van der Waals surface area contributed by atoms with Crippen molar-refractivity contribution in [3.05, 3.63) is 65.9 Å². The SMILES string of the molecule is C#CC(C(=O)OCc1ccccc1)c1nc2ccccc2nc1N1CCN(C)CC1. The lowest BCUT2D eigenvalue weighted by molar-refractivity contribution is -0.145. The van der Waals surface area contributed by atoms with Crippen LogP contribution in [0.5, 0.6) is 0 Å². The maximum atomic E-state index is 12.9. The van der Waals surface area contributed by atoms with Gasteiger partial charge in [-0.25, -0.2) is 9.97 Å². The van der Waals surface area contributed by atoms with Gasteiger partial charge in [-0.1, -0.05) is 48.4 Å². The van der Waals surface area contributed by atoms with Gasteiger partial charge >= 0.3 is 5.97 Å². The normalized spacial score (nSPS) is 15.5. The Morgan fingerprint density at radius 3 is 2.33 bits per heavy atom. The van der Waals surface area contributed by atoms with Gasteiger partial charge in [0.2, 0.25) is 0 Å². The maximum Gasteiger partial charge on any atom is 0.327 e. The third-order valence-corrected chi connectivity index (χ3v) is 5.28. The van der Waals surface area contributed by atoms with Crippen LogP contribution in [-0.2, 0) is 16.1 Å². The van der Waals surface area contributed by atoms with Gasteiger partial charge in [-0.05, 0) is 24.7 Å². The van der Waals surface area contributed by atoms with Crippen molar-refractivity contribution < 1.29 is 9.53 Å². The molecule has 0 amide bonds. The monoisotopic (exact) mass is 400 g/mol. The van der Waals surface area contributed by atoms with E-state index in [9.17, 15) is 4.79 Å². The summed E-state index contributed by atoms with van der Waals surface area (Å²) >= 11 is 0. The van der Waals surface area contributed by atoms with Crippen LogP contribution in [0, 0.1) is 12.3 Å². The Bertz CT molecular complexity index is 1070. The number of esters is 1. The second-order valence-electron chi connectivity index (χ2n) is 7.40. The minimum absolute atomic E-state index is 0.169. The molecule has 1 unspecified atom stereocenters. The zero-order valence-corrected chi connectivity index (χ0v) is 17.0. The van der Waals surface area contributed by atoms with Gasteiger partial charge in [-0.15, -0.1) is 6.42 Å². The number of hydrogen-bond acceptors (Lipinski definition) is 6. The van der Waals surface area contributed by atoms with Crippen LogP contribution in [0.25, 0.3) is 11.0 Å². The average molecular weight is 400 g/mol. The standard InChI is InChI=1S/C24H24N4O2/c1-3-19(24(29)30-17-18-9-5-4-6-10-18)22-23(28-15-13-27(2)14-16-28)26-21-12-8-7-11-20(21)25-22/h1,4-12,19H,13-17H2,2H3. The van der Waals surface area contributed by atoms with Crippen molar-refractivity contribution in [3.63, 3.8) is 0 Å². The molecule has 4 rings (SSSR count). The predicted molar refractivity (Wildman–Crippen MR) is 117 cm³/mol. The molecule has 152 valence electrons. The third kappa shape index (κ3) is 4.27. The van der Waals surface area contributed by atoms with Crippen LogP contribution < -0.4 is 4.90 Å². The molecule has 0 radical (unpaired) electrons. The van der Waals surface area contributed by atoms with Gasteiger partial charge in [-0.3, -0.25) is 4.79 Å². The van der Waals surface area contributed by atoms with E-state index in [1.807, 2.05) is 54.6 Å². The third-order valence-electron chi connectivity index (χ3n) is 5.28. The molecule has 0 bridgehead atoms. The summed E-state index contributed by atoms with van der Waals surface area (Å²) in [5.74, 6) is 1.86. The molecule has 0 spiro atoms. The van der Waals surface area contributed by atoms with E-state index in [0.29, 0.717) is 17.0 Å². The summed E-state index contributed by atoms with van der Waals surface area (Å²) in [5.41, 5.74) is 2.88. The topological polar surface area (TPSA) is 58.6 Å². The van der Waals surface area contributed by atoms with Crippen molar-refractivity contribution in [2.24, 2.45) is 0 Å². The van der Waals surface area contributed by atoms with E-state index >= 15 is 0 Å². The Hall–Kier alpha value is -3.43. The summed E-state index contributed by atoms with van der Waals surface area (Å²) in [7, 11) is 2.09. The molecular weight excluding hydrogens is 376 g/mol. The van der Waals surface area contributed by atoms with Crippen molar-refractivity contribution >= 4 is 22.8 Å². The molecule has 1 aromatic heterocycles. The van der Waals surface area contributed by atoms with Crippen LogP contribution in [0.4, 0.5) is 5.82 Å². The number of ether oxygens (including phenoxy) is 1. The second kappa shape index (κ2) is 8.93. The fourth-order valence-corrected chi connectivity index (χ4v) is 3.52. The summed E-state index contributed by atoms with van der Waals surface area (Å²) in [5, 5.41) is 0. The van der Waals surface area contributed by atoms with Gasteiger partial charge < -0.3 is 14.5 Å². The minimum Gasteiger partial charge on any atom is -0.460 e. The zero-order chi connectivity index (χ0) is 20.9. The molecule has 2 aromatic carbocycles. The summed E-state index contributed by atoms with van der Waals surface area (Å²) in [6, 6.07) is 17.2. The first-order valence-corrected chi connectivity index (χ1v) is 10.0. The fourth-order valence-electron chi connectivity index (χ4n) is 3.52. The molecule has 6 nitrogen and oxygen atoms in total. The van der Waals surface area contributed by atoms with Crippen LogP contribution in [0.2, 0.25) is 0 Å². The lowest BCUT2D eigenvalue weighted by atomic mass is 10.0. The highest BCUT2D eigenvalue weighted by molar-refractivity contribution is 5.85. The number of carbonyl (C=O) groups is 1. The maximum absolute atomic E-state index is 12.9. The highest BCUT2D eigenvalue weighted by Gasteiger charge is 2.29. The molecule has 1 atom stereocenters. The number of para-hydroxylation sites is 2. The van der Waals surface area contributed by atoms with Crippen molar-refractivity contribution in [2.75, 3.05) is 38.1 Å². The number of terminal acetylenes is 1. The van der Waals surface area contributed by atoms with Crippen LogP contribution >= 0.6 is 0 Å². The van der Waals surface area contributed by atoms with Crippen molar-refractivity contribution in [3.8, 4) is 12.3 Å². The van der Waals surface area contributed by atoms with E-state index in [2.05, 4.69) is 22.8 Å². The molecule has 1 aliphatic heterocycles. The number of aromatic nitrogens is 2. The van der Waals surface area contributed by atoms with E-state index < -0.39 is 11.9 Å². The number of carbonyl (C=O) groups excluding carboxylic acids is 1. The largest absolute Gasteiger partial charge is 0.460 e. The first-order chi connectivity index (χ1) is 14.7. The first-order valence-electron chi connectivity index (χ1n) is 10.0. The van der Waals surface area contributed by atoms with Crippen LogP contribution in [0.3, 0.4) is 0 Å². The molecule has 0 saturated carbocycles. The van der Waals surface area contributed by atoms with Crippen LogP contribution in [0.15, 0.2) is 54.6 Å². The van der Waals surface area contributed by atoms with Crippen molar-refractivity contribution in [1.29, 1.82) is 0 Å². The number of rotatable bonds is 5. The molecule has 1 aliphatic rings. The number of likely N-dealkylation sites (N-methyl/N-ethyl adjacent to an activating group) is 1. The van der Waals surface area contributed by atoms with E-state index in [1.165, 1.54) is 0 Å². The molecule has 0 aliphatic carbocycles. The lowest BCUT2D eigenvalue weighted by Crippen LogP contribution is -2.45. The molecule has 3 aromatic rings. The zero-order valence-electron chi connectivity index (χ0n) is 17.0. The van der Waals surface area contributed by atoms with Gasteiger partial charge in [0.05, 0.1) is 11.0 Å². The number of fused-ring (bicyclic) bond motifs is 1. The smallest absolute Gasteiger partial charge is 0.327 e. The Balaban J connectivity index is 1.66. The number of anilines is 1. The Kier molecular flexibility index (Phi) is 5.92. The lowest BCUT2D eigenvalue weighted by Gasteiger charge is -2.34. The second-order valence-corrected chi connectivity index (χ2v) is 7.40. The number of benzene rings is 2. The average Bonchev–Trinajstić information content (AvgIpc) is 2.79. The van der Waals surface area contributed by atoms with Crippen molar-refractivity contribution in [2.45, 2.75) is 12.5 Å². The van der Waals surface area contributed by atoms with Gasteiger partial charge in [0.1, 0.15) is 12.3 Å². The van der Waals surface area contributed by atoms with Crippen LogP contribution in [-0.4, -0.2) is 54.1 Å². The first kappa shape index (κ1) is 19.9. The van der Waals surface area contributed by atoms with Crippen LogP contribution in [0.1, 0.15) is 17.2 Å². The molecular formula is C24H24N4O2. The Morgan fingerprint density at radius 1 is 1.03 bits per heavy atom. The Labute approximate surface area is 176 Å². The van der Waals surface area contributed by atoms with Gasteiger partial charge in [0.15, 0.2) is 11.7 Å².